The molecule has 0 saturated carbocycles. The van der Waals surface area contributed by atoms with Crippen molar-refractivity contribution in [2.45, 2.75) is 39.0 Å². The Balaban J connectivity index is 2.36. The zero-order valence-electron chi connectivity index (χ0n) is 8.14. The summed E-state index contributed by atoms with van der Waals surface area (Å²) in [4.78, 5) is 22.2. The molecule has 0 aromatic rings. The van der Waals surface area contributed by atoms with Crippen molar-refractivity contribution >= 4 is 11.7 Å². The molecule has 1 rings (SSSR count). The van der Waals surface area contributed by atoms with Crippen LogP contribution < -0.4 is 5.32 Å². The van der Waals surface area contributed by atoms with Crippen molar-refractivity contribution in [3.8, 4) is 0 Å². The van der Waals surface area contributed by atoms with Crippen molar-refractivity contribution in [3.05, 3.63) is 0 Å². The maximum absolute atomic E-state index is 11.4. The van der Waals surface area contributed by atoms with E-state index in [4.69, 9.17) is 0 Å². The number of carbonyl (C=O) groups is 2. The topological polar surface area (TPSA) is 46.2 Å². The highest BCUT2D eigenvalue weighted by Gasteiger charge is 2.20. The lowest BCUT2D eigenvalue weighted by Crippen LogP contribution is -2.29. The van der Waals surface area contributed by atoms with Gasteiger partial charge in [0.1, 0.15) is 5.78 Å². The van der Waals surface area contributed by atoms with E-state index < -0.39 is 0 Å². The predicted molar refractivity (Wildman–Crippen MR) is 50.3 cm³/mol. The first-order chi connectivity index (χ1) is 6.20. The van der Waals surface area contributed by atoms with E-state index in [0.717, 1.165) is 32.2 Å². The van der Waals surface area contributed by atoms with E-state index in [1.807, 2.05) is 0 Å². The second kappa shape index (κ2) is 5.00. The summed E-state index contributed by atoms with van der Waals surface area (Å²) in [6, 6.07) is 0. The van der Waals surface area contributed by atoms with E-state index in [9.17, 15) is 9.59 Å². The fraction of sp³-hybridized carbons (Fsp3) is 0.800. The van der Waals surface area contributed by atoms with Crippen LogP contribution in [0.4, 0.5) is 0 Å². The van der Waals surface area contributed by atoms with Gasteiger partial charge in [-0.25, -0.2) is 0 Å². The predicted octanol–water partition coefficient (Wildman–Crippen LogP) is 1.27. The number of amides is 1. The molecule has 13 heavy (non-hydrogen) atoms. The Bertz CT molecular complexity index is 201. The van der Waals surface area contributed by atoms with Gasteiger partial charge < -0.3 is 10.1 Å². The van der Waals surface area contributed by atoms with Gasteiger partial charge in [-0.3, -0.25) is 4.79 Å². The van der Waals surface area contributed by atoms with Crippen LogP contribution in [0.15, 0.2) is 0 Å². The van der Waals surface area contributed by atoms with Crippen LogP contribution in [0.3, 0.4) is 0 Å². The summed E-state index contributed by atoms with van der Waals surface area (Å²) in [5.41, 5.74) is 0. The first-order valence-corrected chi connectivity index (χ1v) is 4.97. The molecule has 1 amide bonds. The molecule has 0 aliphatic carbocycles. The van der Waals surface area contributed by atoms with Gasteiger partial charge in [-0.05, 0) is 26.2 Å². The van der Waals surface area contributed by atoms with Gasteiger partial charge in [-0.15, -0.1) is 0 Å². The molecule has 0 bridgehead atoms. The van der Waals surface area contributed by atoms with Crippen LogP contribution in [0.5, 0.6) is 0 Å². The van der Waals surface area contributed by atoms with E-state index in [1.165, 1.54) is 0 Å². The lowest BCUT2D eigenvalue weighted by Gasteiger charge is -2.11. The fourth-order valence-electron chi connectivity index (χ4n) is 1.66. The molecule has 74 valence electrons. The molecule has 1 saturated heterocycles. The average molecular weight is 183 g/mol. The van der Waals surface area contributed by atoms with Crippen molar-refractivity contribution in [3.63, 3.8) is 0 Å². The maximum atomic E-state index is 11.4. The van der Waals surface area contributed by atoms with E-state index in [-0.39, 0.29) is 17.6 Å². The van der Waals surface area contributed by atoms with Gasteiger partial charge in [0.15, 0.2) is 0 Å². The largest absolute Gasteiger partial charge is 0.356 e. The molecule has 1 unspecified atom stereocenters. The lowest BCUT2D eigenvalue weighted by atomic mass is 9.96. The van der Waals surface area contributed by atoms with Crippen molar-refractivity contribution in [1.82, 2.24) is 5.32 Å². The van der Waals surface area contributed by atoms with E-state index in [1.54, 1.807) is 6.92 Å². The van der Waals surface area contributed by atoms with Gasteiger partial charge in [0.2, 0.25) is 5.91 Å². The average Bonchev–Trinajstić information content (AvgIpc) is 2.27. The summed E-state index contributed by atoms with van der Waals surface area (Å²) >= 11 is 0. The summed E-state index contributed by atoms with van der Waals surface area (Å²) in [5.74, 6) is 0.391. The highest BCUT2D eigenvalue weighted by molar-refractivity contribution is 5.80. The molecule has 0 radical (unpaired) electrons. The van der Waals surface area contributed by atoms with E-state index in [2.05, 4.69) is 5.32 Å². The van der Waals surface area contributed by atoms with Gasteiger partial charge in [0.25, 0.3) is 0 Å². The summed E-state index contributed by atoms with van der Waals surface area (Å²) < 4.78 is 0. The minimum absolute atomic E-state index is 0.0754. The molecule has 0 spiro atoms. The maximum Gasteiger partial charge on any atom is 0.223 e. The zero-order chi connectivity index (χ0) is 9.68. The molecule has 1 fully saturated rings. The van der Waals surface area contributed by atoms with Crippen molar-refractivity contribution in [2.75, 3.05) is 6.54 Å². The first kappa shape index (κ1) is 10.2. The number of ketones is 1. The molecule has 1 aliphatic rings. The lowest BCUT2D eigenvalue weighted by molar-refractivity contribution is -0.125. The van der Waals surface area contributed by atoms with Crippen LogP contribution in [0.1, 0.15) is 39.0 Å². The molecule has 0 aromatic carbocycles. The highest BCUT2D eigenvalue weighted by atomic mass is 16.2. The van der Waals surface area contributed by atoms with Gasteiger partial charge in [0.05, 0.1) is 0 Å². The SMILES string of the molecule is CC(=O)CCC1CCCCNC1=O. The normalized spacial score (nSPS) is 23.5. The molecular weight excluding hydrogens is 166 g/mol. The van der Waals surface area contributed by atoms with Gasteiger partial charge in [0, 0.05) is 18.9 Å². The van der Waals surface area contributed by atoms with Crippen LogP contribution in [0.25, 0.3) is 0 Å². The summed E-state index contributed by atoms with van der Waals surface area (Å²) in [6.45, 7) is 2.38. The fourth-order valence-corrected chi connectivity index (χ4v) is 1.66. The first-order valence-electron chi connectivity index (χ1n) is 4.97. The molecule has 1 N–H and O–H groups in total. The number of rotatable bonds is 3. The van der Waals surface area contributed by atoms with Crippen LogP contribution in [-0.4, -0.2) is 18.2 Å². The molecular formula is C10H17NO2. The van der Waals surface area contributed by atoms with E-state index >= 15 is 0 Å². The van der Waals surface area contributed by atoms with Crippen molar-refractivity contribution in [2.24, 2.45) is 5.92 Å². The Hall–Kier alpha value is -0.860. The van der Waals surface area contributed by atoms with Gasteiger partial charge >= 0.3 is 0 Å². The van der Waals surface area contributed by atoms with Gasteiger partial charge in [-0.2, -0.15) is 0 Å². The summed E-state index contributed by atoms with van der Waals surface area (Å²) in [7, 11) is 0. The Kier molecular flexibility index (Phi) is 3.93. The Labute approximate surface area is 78.9 Å². The quantitative estimate of drug-likeness (QED) is 0.716. The van der Waals surface area contributed by atoms with Crippen LogP contribution in [-0.2, 0) is 9.59 Å². The monoisotopic (exact) mass is 183 g/mol. The standard InChI is InChI=1S/C10H17NO2/c1-8(12)5-6-9-4-2-3-7-11-10(9)13/h9H,2-7H2,1H3,(H,11,13). The minimum atomic E-state index is 0.0754. The van der Waals surface area contributed by atoms with Crippen LogP contribution >= 0.6 is 0 Å². The summed E-state index contributed by atoms with van der Waals surface area (Å²) in [5, 5.41) is 2.87. The molecule has 3 nitrogen and oxygen atoms in total. The Morgan fingerprint density at radius 1 is 1.54 bits per heavy atom. The molecule has 0 aromatic heterocycles. The van der Waals surface area contributed by atoms with Gasteiger partial charge in [-0.1, -0.05) is 6.42 Å². The molecule has 1 heterocycles. The highest BCUT2D eigenvalue weighted by Crippen LogP contribution is 2.17. The van der Waals surface area contributed by atoms with Crippen LogP contribution in [0, 0.1) is 5.92 Å². The van der Waals surface area contributed by atoms with Crippen molar-refractivity contribution in [1.29, 1.82) is 0 Å². The number of hydrogen-bond donors (Lipinski definition) is 1. The zero-order valence-corrected chi connectivity index (χ0v) is 8.14. The second-order valence-corrected chi connectivity index (χ2v) is 3.72. The van der Waals surface area contributed by atoms with Crippen molar-refractivity contribution < 1.29 is 9.59 Å². The third kappa shape index (κ3) is 3.57. The third-order valence-corrected chi connectivity index (χ3v) is 2.49. The molecule has 1 aliphatic heterocycles. The minimum Gasteiger partial charge on any atom is -0.356 e. The number of Topliss-reactive ketones (excluding diaryl/α,β-unsaturated/α-hetero) is 1. The van der Waals surface area contributed by atoms with Crippen LogP contribution in [0.2, 0.25) is 0 Å². The number of carbonyl (C=O) groups excluding carboxylic acids is 2. The Morgan fingerprint density at radius 2 is 2.31 bits per heavy atom. The summed E-state index contributed by atoms with van der Waals surface area (Å²) in [6.07, 6.45) is 4.38. The Morgan fingerprint density at radius 3 is 3.00 bits per heavy atom. The number of hydrogen-bond acceptors (Lipinski definition) is 2. The molecule has 3 heteroatoms. The van der Waals surface area contributed by atoms with E-state index in [0.29, 0.717) is 6.42 Å². The molecule has 1 atom stereocenters. The second-order valence-electron chi connectivity index (χ2n) is 3.72. The number of nitrogens with one attached hydrogen (secondary N) is 1. The third-order valence-electron chi connectivity index (χ3n) is 2.49. The smallest absolute Gasteiger partial charge is 0.223 e.